The third kappa shape index (κ3) is 4.79. The van der Waals surface area contributed by atoms with Crippen molar-refractivity contribution in [3.05, 3.63) is 35.4 Å². The van der Waals surface area contributed by atoms with Crippen LogP contribution in [0.1, 0.15) is 43.7 Å². The molecule has 1 heterocycles. The zero-order valence-corrected chi connectivity index (χ0v) is 15.0. The van der Waals surface area contributed by atoms with Crippen LogP contribution in [0.3, 0.4) is 0 Å². The van der Waals surface area contributed by atoms with Crippen LogP contribution < -0.4 is 5.32 Å². The van der Waals surface area contributed by atoms with Crippen LogP contribution in [0.15, 0.2) is 24.3 Å². The first kappa shape index (κ1) is 18.9. The number of likely N-dealkylation sites (tertiary alicyclic amines) is 1. The van der Waals surface area contributed by atoms with E-state index in [1.54, 1.807) is 12.0 Å². The molecule has 1 aliphatic heterocycles. The van der Waals surface area contributed by atoms with Gasteiger partial charge >= 0.3 is 0 Å². The second-order valence-electron chi connectivity index (χ2n) is 6.93. The van der Waals surface area contributed by atoms with Gasteiger partial charge in [0, 0.05) is 33.3 Å². The van der Waals surface area contributed by atoms with Gasteiger partial charge in [0.05, 0.1) is 6.61 Å². The number of methoxy groups -OCH3 is 1. The predicted molar refractivity (Wildman–Crippen MR) is 94.9 cm³/mol. The molecular formula is C19H30N2O3. The Bertz CT molecular complexity index is 530. The standard InChI is InChI=1S/C19H30N2O3/c1-15(2)17-7-5-16(6-8-17)13-21-11-4-9-19(23,18(21)22)14-20-10-12-24-3/h5-8,15,20,23H,4,9-14H2,1-3H3/t19-/m1/s1. The van der Waals surface area contributed by atoms with Gasteiger partial charge in [-0.1, -0.05) is 38.1 Å². The van der Waals surface area contributed by atoms with Gasteiger partial charge in [0.1, 0.15) is 0 Å². The maximum Gasteiger partial charge on any atom is 0.256 e. The largest absolute Gasteiger partial charge is 0.383 e. The Morgan fingerprint density at radius 3 is 2.67 bits per heavy atom. The van der Waals surface area contributed by atoms with Crippen LogP contribution >= 0.6 is 0 Å². The molecular weight excluding hydrogens is 304 g/mol. The minimum absolute atomic E-state index is 0.174. The Morgan fingerprint density at radius 1 is 1.33 bits per heavy atom. The highest BCUT2D eigenvalue weighted by atomic mass is 16.5. The molecule has 2 rings (SSSR count). The quantitative estimate of drug-likeness (QED) is 0.713. The Labute approximate surface area is 145 Å². The van der Waals surface area contributed by atoms with Gasteiger partial charge < -0.3 is 20.1 Å². The average molecular weight is 334 g/mol. The molecule has 1 aliphatic rings. The van der Waals surface area contributed by atoms with Crippen molar-refractivity contribution in [1.29, 1.82) is 0 Å². The minimum atomic E-state index is -1.30. The first-order valence-corrected chi connectivity index (χ1v) is 8.76. The summed E-state index contributed by atoms with van der Waals surface area (Å²) in [7, 11) is 1.63. The number of nitrogens with one attached hydrogen (secondary N) is 1. The van der Waals surface area contributed by atoms with Crippen molar-refractivity contribution in [1.82, 2.24) is 10.2 Å². The van der Waals surface area contributed by atoms with E-state index in [9.17, 15) is 9.90 Å². The van der Waals surface area contributed by atoms with Crippen molar-refractivity contribution in [3.8, 4) is 0 Å². The first-order valence-electron chi connectivity index (χ1n) is 8.76. The van der Waals surface area contributed by atoms with Gasteiger partial charge in [-0.15, -0.1) is 0 Å². The molecule has 24 heavy (non-hydrogen) atoms. The van der Waals surface area contributed by atoms with Crippen LogP contribution in [-0.2, 0) is 16.1 Å². The van der Waals surface area contributed by atoms with Gasteiger partial charge in [0.15, 0.2) is 5.60 Å². The summed E-state index contributed by atoms with van der Waals surface area (Å²) in [6.45, 7) is 7.05. The molecule has 0 unspecified atom stereocenters. The normalized spacial score (nSPS) is 21.5. The summed E-state index contributed by atoms with van der Waals surface area (Å²) in [4.78, 5) is 14.5. The highest BCUT2D eigenvalue weighted by Gasteiger charge is 2.41. The molecule has 5 nitrogen and oxygen atoms in total. The van der Waals surface area contributed by atoms with E-state index in [1.165, 1.54) is 5.56 Å². The fraction of sp³-hybridized carbons (Fsp3) is 0.632. The molecule has 0 spiro atoms. The summed E-state index contributed by atoms with van der Waals surface area (Å²) in [5.74, 6) is 0.325. The van der Waals surface area contributed by atoms with Gasteiger partial charge in [-0.25, -0.2) is 0 Å². The van der Waals surface area contributed by atoms with Crippen molar-refractivity contribution in [2.45, 2.75) is 44.8 Å². The second-order valence-corrected chi connectivity index (χ2v) is 6.93. The van der Waals surface area contributed by atoms with E-state index in [2.05, 4.69) is 43.4 Å². The van der Waals surface area contributed by atoms with E-state index in [1.807, 2.05) is 0 Å². The van der Waals surface area contributed by atoms with Gasteiger partial charge in [0.25, 0.3) is 5.91 Å². The molecule has 1 amide bonds. The van der Waals surface area contributed by atoms with Crippen LogP contribution in [-0.4, -0.2) is 54.9 Å². The Hall–Kier alpha value is -1.43. The molecule has 0 radical (unpaired) electrons. The third-order valence-corrected chi connectivity index (χ3v) is 4.62. The summed E-state index contributed by atoms with van der Waals surface area (Å²) in [6, 6.07) is 8.39. The number of rotatable bonds is 8. The summed E-state index contributed by atoms with van der Waals surface area (Å²) >= 11 is 0. The van der Waals surface area contributed by atoms with E-state index in [4.69, 9.17) is 4.74 Å². The fourth-order valence-corrected chi connectivity index (χ4v) is 3.08. The van der Waals surface area contributed by atoms with E-state index >= 15 is 0 Å². The van der Waals surface area contributed by atoms with Gasteiger partial charge in [-0.05, 0) is 29.9 Å². The number of amides is 1. The second kappa shape index (κ2) is 8.60. The molecule has 1 saturated heterocycles. The Morgan fingerprint density at radius 2 is 2.04 bits per heavy atom. The van der Waals surface area contributed by atoms with Gasteiger partial charge in [0.2, 0.25) is 0 Å². The van der Waals surface area contributed by atoms with Crippen LogP contribution in [0.25, 0.3) is 0 Å². The van der Waals surface area contributed by atoms with Crippen molar-refractivity contribution in [2.24, 2.45) is 0 Å². The van der Waals surface area contributed by atoms with Crippen molar-refractivity contribution >= 4 is 5.91 Å². The zero-order chi connectivity index (χ0) is 17.6. The molecule has 1 aromatic carbocycles. The molecule has 134 valence electrons. The highest BCUT2D eigenvalue weighted by molar-refractivity contribution is 5.86. The summed E-state index contributed by atoms with van der Waals surface area (Å²) in [5, 5.41) is 13.8. The lowest BCUT2D eigenvalue weighted by atomic mass is 9.91. The molecule has 1 fully saturated rings. The first-order chi connectivity index (χ1) is 11.5. The predicted octanol–water partition coefficient (Wildman–Crippen LogP) is 1.90. The molecule has 2 N–H and O–H groups in total. The Balaban J connectivity index is 1.96. The minimum Gasteiger partial charge on any atom is -0.383 e. The lowest BCUT2D eigenvalue weighted by Crippen LogP contribution is -2.57. The SMILES string of the molecule is COCCNC[C@]1(O)CCCN(Cc2ccc(C(C)C)cc2)C1=O. The molecule has 1 atom stereocenters. The van der Waals surface area contributed by atoms with Crippen molar-refractivity contribution in [2.75, 3.05) is 33.4 Å². The zero-order valence-electron chi connectivity index (χ0n) is 15.0. The maximum absolute atomic E-state index is 12.7. The number of benzene rings is 1. The number of nitrogens with zero attached hydrogens (tertiary/aromatic N) is 1. The van der Waals surface area contributed by atoms with Crippen molar-refractivity contribution < 1.29 is 14.6 Å². The van der Waals surface area contributed by atoms with Gasteiger partial charge in [-0.2, -0.15) is 0 Å². The summed E-state index contributed by atoms with van der Waals surface area (Å²) in [6.07, 6.45) is 1.33. The molecule has 0 aliphatic carbocycles. The molecule has 5 heteroatoms. The molecule has 1 aromatic rings. The Kier molecular flexibility index (Phi) is 6.78. The average Bonchev–Trinajstić information content (AvgIpc) is 2.57. The third-order valence-electron chi connectivity index (χ3n) is 4.62. The monoisotopic (exact) mass is 334 g/mol. The van der Waals surface area contributed by atoms with Crippen LogP contribution in [0.4, 0.5) is 0 Å². The number of aliphatic hydroxyl groups is 1. The smallest absolute Gasteiger partial charge is 0.256 e. The van der Waals surface area contributed by atoms with E-state index < -0.39 is 5.60 Å². The number of piperidine rings is 1. The van der Waals surface area contributed by atoms with Crippen LogP contribution in [0, 0.1) is 0 Å². The molecule has 0 saturated carbocycles. The lowest BCUT2D eigenvalue weighted by molar-refractivity contribution is -0.157. The van der Waals surface area contributed by atoms with Crippen molar-refractivity contribution in [3.63, 3.8) is 0 Å². The van der Waals surface area contributed by atoms with Crippen LogP contribution in [0.5, 0.6) is 0 Å². The summed E-state index contributed by atoms with van der Waals surface area (Å²) < 4.78 is 4.98. The number of carbonyl (C=O) groups excluding carboxylic acids is 1. The van der Waals surface area contributed by atoms with Crippen LogP contribution in [0.2, 0.25) is 0 Å². The highest BCUT2D eigenvalue weighted by Crippen LogP contribution is 2.24. The molecule has 0 aromatic heterocycles. The van der Waals surface area contributed by atoms with E-state index in [0.29, 0.717) is 38.6 Å². The topological polar surface area (TPSA) is 61.8 Å². The van der Waals surface area contributed by atoms with E-state index in [-0.39, 0.29) is 12.5 Å². The number of hydrogen-bond acceptors (Lipinski definition) is 4. The number of hydrogen-bond donors (Lipinski definition) is 2. The molecule has 0 bridgehead atoms. The lowest BCUT2D eigenvalue weighted by Gasteiger charge is -2.38. The van der Waals surface area contributed by atoms with Gasteiger partial charge in [-0.3, -0.25) is 4.79 Å². The van der Waals surface area contributed by atoms with E-state index in [0.717, 1.165) is 12.0 Å². The number of carbonyl (C=O) groups is 1. The maximum atomic E-state index is 12.7. The summed E-state index contributed by atoms with van der Waals surface area (Å²) in [5.41, 5.74) is 1.09. The fourth-order valence-electron chi connectivity index (χ4n) is 3.08. The number of ether oxygens (including phenoxy) is 1.